The Hall–Kier alpha value is -1.91. The van der Waals surface area contributed by atoms with E-state index in [-0.39, 0.29) is 5.91 Å². The van der Waals surface area contributed by atoms with Crippen LogP contribution in [0.25, 0.3) is 10.8 Å². The van der Waals surface area contributed by atoms with Gasteiger partial charge in [0.25, 0.3) is 0 Å². The Labute approximate surface area is 137 Å². The van der Waals surface area contributed by atoms with E-state index in [9.17, 15) is 4.79 Å². The molecule has 2 heterocycles. The Balaban J connectivity index is 1.41. The fourth-order valence-corrected chi connectivity index (χ4v) is 3.93. The van der Waals surface area contributed by atoms with Gasteiger partial charge in [-0.25, -0.2) is 0 Å². The van der Waals surface area contributed by atoms with Gasteiger partial charge >= 0.3 is 0 Å². The van der Waals surface area contributed by atoms with Crippen molar-refractivity contribution in [2.75, 3.05) is 38.0 Å². The summed E-state index contributed by atoms with van der Waals surface area (Å²) in [6.07, 6.45) is 2.59. The summed E-state index contributed by atoms with van der Waals surface area (Å²) in [7, 11) is 0. The van der Waals surface area contributed by atoms with Crippen molar-refractivity contribution in [3.63, 3.8) is 0 Å². The Morgan fingerprint density at radius 3 is 2.91 bits per heavy atom. The van der Waals surface area contributed by atoms with Crippen molar-refractivity contribution in [2.24, 2.45) is 0 Å². The van der Waals surface area contributed by atoms with E-state index in [4.69, 9.17) is 0 Å². The summed E-state index contributed by atoms with van der Waals surface area (Å²) < 4.78 is 0. The predicted octanol–water partition coefficient (Wildman–Crippen LogP) is 2.56. The minimum Gasteiger partial charge on any atom is -0.324 e. The molecule has 0 radical (unpaired) electrons. The number of benzene rings is 2. The highest BCUT2D eigenvalue weighted by Gasteiger charge is 2.31. The molecule has 0 saturated carbocycles. The number of carbonyl (C=O) groups excluding carboxylic acids is 1. The number of hydrogen-bond donors (Lipinski definition) is 1. The topological polar surface area (TPSA) is 35.6 Å². The normalized spacial score (nSPS) is 22.2. The lowest BCUT2D eigenvalue weighted by Gasteiger charge is -2.37. The van der Waals surface area contributed by atoms with Gasteiger partial charge in [-0.05, 0) is 30.8 Å². The maximum Gasteiger partial charge on any atom is 0.238 e. The first-order valence-corrected chi connectivity index (χ1v) is 8.53. The summed E-state index contributed by atoms with van der Waals surface area (Å²) in [5.41, 5.74) is 0.910. The largest absolute Gasteiger partial charge is 0.324 e. The molecule has 0 bridgehead atoms. The zero-order chi connectivity index (χ0) is 15.6. The van der Waals surface area contributed by atoms with Gasteiger partial charge in [-0.2, -0.15) is 0 Å². The number of amides is 1. The van der Waals surface area contributed by atoms with Crippen molar-refractivity contribution in [2.45, 2.75) is 18.9 Å². The van der Waals surface area contributed by atoms with E-state index in [0.717, 1.165) is 36.1 Å². The molecule has 0 unspecified atom stereocenters. The molecule has 2 saturated heterocycles. The van der Waals surface area contributed by atoms with Crippen molar-refractivity contribution < 1.29 is 4.79 Å². The van der Waals surface area contributed by atoms with Crippen molar-refractivity contribution in [1.82, 2.24) is 9.80 Å². The number of anilines is 1. The third-order valence-corrected chi connectivity index (χ3v) is 5.10. The predicted molar refractivity (Wildman–Crippen MR) is 93.6 cm³/mol. The molecule has 4 nitrogen and oxygen atoms in total. The number of fused-ring (bicyclic) bond motifs is 2. The van der Waals surface area contributed by atoms with E-state index < -0.39 is 0 Å². The second-order valence-electron chi connectivity index (χ2n) is 6.64. The Morgan fingerprint density at radius 2 is 1.96 bits per heavy atom. The zero-order valence-electron chi connectivity index (χ0n) is 13.4. The van der Waals surface area contributed by atoms with Gasteiger partial charge in [0.15, 0.2) is 0 Å². The molecule has 0 aromatic heterocycles. The van der Waals surface area contributed by atoms with Crippen LogP contribution < -0.4 is 5.32 Å². The lowest BCUT2D eigenvalue weighted by atomic mass is 10.1. The average Bonchev–Trinajstić information content (AvgIpc) is 3.03. The van der Waals surface area contributed by atoms with Crippen molar-refractivity contribution in [3.05, 3.63) is 42.5 Å². The van der Waals surface area contributed by atoms with E-state index in [1.54, 1.807) is 0 Å². The molecule has 0 spiro atoms. The first-order chi connectivity index (χ1) is 11.3. The highest BCUT2D eigenvalue weighted by atomic mass is 16.2. The third kappa shape index (κ3) is 3.09. The summed E-state index contributed by atoms with van der Waals surface area (Å²) >= 11 is 0. The van der Waals surface area contributed by atoms with Crippen LogP contribution in [-0.2, 0) is 4.79 Å². The number of piperazine rings is 1. The molecule has 0 aliphatic carbocycles. The molecule has 2 aromatic rings. The highest BCUT2D eigenvalue weighted by Crippen LogP contribution is 2.24. The zero-order valence-corrected chi connectivity index (χ0v) is 13.4. The standard InChI is InChI=1S/C19H23N3O/c23-19(14-21-11-12-22-10-4-7-16(22)13-21)20-18-9-3-6-15-5-1-2-8-17(15)18/h1-3,5-6,8-9,16H,4,7,10-14H2,(H,20,23)/t16-/m0/s1. The number of hydrogen-bond acceptors (Lipinski definition) is 3. The van der Waals surface area contributed by atoms with Crippen LogP contribution in [0.2, 0.25) is 0 Å². The van der Waals surface area contributed by atoms with Crippen LogP contribution >= 0.6 is 0 Å². The van der Waals surface area contributed by atoms with Crippen LogP contribution in [0.15, 0.2) is 42.5 Å². The van der Waals surface area contributed by atoms with Gasteiger partial charge in [-0.1, -0.05) is 36.4 Å². The fraction of sp³-hybridized carbons (Fsp3) is 0.421. The second kappa shape index (κ2) is 6.30. The van der Waals surface area contributed by atoms with Gasteiger partial charge in [0.2, 0.25) is 5.91 Å². The summed E-state index contributed by atoms with van der Waals surface area (Å²) in [6, 6.07) is 14.9. The van der Waals surface area contributed by atoms with Crippen LogP contribution in [0.5, 0.6) is 0 Å². The average molecular weight is 309 g/mol. The van der Waals surface area contributed by atoms with Gasteiger partial charge in [0.1, 0.15) is 0 Å². The summed E-state index contributed by atoms with van der Waals surface area (Å²) in [5, 5.41) is 5.36. The van der Waals surface area contributed by atoms with E-state index in [1.165, 1.54) is 19.4 Å². The molecule has 4 heteroatoms. The fourth-order valence-electron chi connectivity index (χ4n) is 3.93. The first kappa shape index (κ1) is 14.7. The van der Waals surface area contributed by atoms with E-state index in [0.29, 0.717) is 12.6 Å². The molecule has 2 aliphatic rings. The quantitative estimate of drug-likeness (QED) is 0.946. The minimum atomic E-state index is 0.0906. The molecule has 2 aliphatic heterocycles. The van der Waals surface area contributed by atoms with Crippen LogP contribution in [0, 0.1) is 0 Å². The van der Waals surface area contributed by atoms with Crippen molar-refractivity contribution in [3.8, 4) is 0 Å². The lowest BCUT2D eigenvalue weighted by molar-refractivity contribution is -0.117. The van der Waals surface area contributed by atoms with Crippen LogP contribution in [0.1, 0.15) is 12.8 Å². The number of carbonyl (C=O) groups is 1. The number of rotatable bonds is 3. The third-order valence-electron chi connectivity index (χ3n) is 5.10. The van der Waals surface area contributed by atoms with E-state index in [2.05, 4.69) is 33.3 Å². The van der Waals surface area contributed by atoms with E-state index >= 15 is 0 Å². The number of nitrogens with zero attached hydrogens (tertiary/aromatic N) is 2. The minimum absolute atomic E-state index is 0.0906. The molecule has 2 aromatic carbocycles. The Kier molecular flexibility index (Phi) is 4.02. The number of nitrogens with one attached hydrogen (secondary N) is 1. The van der Waals surface area contributed by atoms with Crippen molar-refractivity contribution in [1.29, 1.82) is 0 Å². The molecular weight excluding hydrogens is 286 g/mol. The highest BCUT2D eigenvalue weighted by molar-refractivity contribution is 6.02. The Morgan fingerprint density at radius 1 is 1.09 bits per heavy atom. The molecule has 4 rings (SSSR count). The smallest absolute Gasteiger partial charge is 0.238 e. The first-order valence-electron chi connectivity index (χ1n) is 8.53. The SMILES string of the molecule is O=C(CN1CCN2CCC[C@H]2C1)Nc1cccc2ccccc12. The summed E-state index contributed by atoms with van der Waals surface area (Å²) in [5.74, 6) is 0.0906. The van der Waals surface area contributed by atoms with E-state index in [1.807, 2.05) is 24.3 Å². The van der Waals surface area contributed by atoms with Crippen LogP contribution in [-0.4, -0.2) is 54.5 Å². The second-order valence-corrected chi connectivity index (χ2v) is 6.64. The van der Waals surface area contributed by atoms with Gasteiger partial charge in [-0.15, -0.1) is 0 Å². The summed E-state index contributed by atoms with van der Waals surface area (Å²) in [4.78, 5) is 17.3. The lowest BCUT2D eigenvalue weighted by Crippen LogP contribution is -2.51. The molecular formula is C19H23N3O. The monoisotopic (exact) mass is 309 g/mol. The maximum absolute atomic E-state index is 12.5. The summed E-state index contributed by atoms with van der Waals surface area (Å²) in [6.45, 7) is 4.86. The van der Waals surface area contributed by atoms with Gasteiger partial charge in [-0.3, -0.25) is 14.6 Å². The van der Waals surface area contributed by atoms with Gasteiger partial charge in [0, 0.05) is 36.7 Å². The van der Waals surface area contributed by atoms with Gasteiger partial charge in [0.05, 0.1) is 6.54 Å². The molecule has 1 atom stereocenters. The molecule has 120 valence electrons. The maximum atomic E-state index is 12.5. The van der Waals surface area contributed by atoms with Gasteiger partial charge < -0.3 is 5.32 Å². The Bertz CT molecular complexity index is 709. The van der Waals surface area contributed by atoms with Crippen molar-refractivity contribution >= 4 is 22.4 Å². The molecule has 23 heavy (non-hydrogen) atoms. The van der Waals surface area contributed by atoms with Crippen LogP contribution in [0.3, 0.4) is 0 Å². The van der Waals surface area contributed by atoms with Crippen LogP contribution in [0.4, 0.5) is 5.69 Å². The molecule has 1 amide bonds. The molecule has 1 N–H and O–H groups in total. The molecule has 2 fully saturated rings.